The Labute approximate surface area is 79.7 Å². The van der Waals surface area contributed by atoms with Crippen molar-refractivity contribution in [1.29, 1.82) is 0 Å². The summed E-state index contributed by atoms with van der Waals surface area (Å²) < 4.78 is 5.83. The lowest BCUT2D eigenvalue weighted by molar-refractivity contribution is 0.112. The number of ether oxygens (including phenoxy) is 1. The molecule has 0 aliphatic heterocycles. The highest BCUT2D eigenvalue weighted by Gasteiger charge is 2.07. The van der Waals surface area contributed by atoms with Crippen LogP contribution in [0.2, 0.25) is 0 Å². The van der Waals surface area contributed by atoms with Gasteiger partial charge in [-0.15, -0.1) is 0 Å². The molecule has 0 heterocycles. The van der Waals surface area contributed by atoms with E-state index in [2.05, 4.69) is 15.9 Å². The summed E-state index contributed by atoms with van der Waals surface area (Å²) >= 11 is 3.30. The van der Waals surface area contributed by atoms with Gasteiger partial charge in [0.25, 0.3) is 0 Å². The highest BCUT2D eigenvalue weighted by atomic mass is 79.9. The average Bonchev–Trinajstić information content (AvgIpc) is 2.06. The van der Waals surface area contributed by atoms with E-state index in [1.807, 2.05) is 13.0 Å². The molecule has 0 aromatic heterocycles. The van der Waals surface area contributed by atoms with Crippen LogP contribution in [0.25, 0.3) is 0 Å². The summed E-state index contributed by atoms with van der Waals surface area (Å²) in [6, 6.07) is 3.61. The molecule has 0 aliphatic carbocycles. The van der Waals surface area contributed by atoms with Crippen molar-refractivity contribution in [2.24, 2.45) is 0 Å². The molecule has 0 saturated carbocycles. The molecule has 2 nitrogen and oxygen atoms in total. The number of methoxy groups -OCH3 is 1. The minimum absolute atomic E-state index is 0.609. The van der Waals surface area contributed by atoms with Gasteiger partial charge in [0.2, 0.25) is 0 Å². The van der Waals surface area contributed by atoms with E-state index in [0.29, 0.717) is 5.56 Å². The van der Waals surface area contributed by atoms with Crippen LogP contribution in [0.4, 0.5) is 0 Å². The fourth-order valence-electron chi connectivity index (χ4n) is 1.01. The van der Waals surface area contributed by atoms with E-state index in [1.54, 1.807) is 13.2 Å². The van der Waals surface area contributed by atoms with E-state index in [9.17, 15) is 4.79 Å². The first kappa shape index (κ1) is 9.26. The quantitative estimate of drug-likeness (QED) is 0.728. The van der Waals surface area contributed by atoms with Gasteiger partial charge in [0.05, 0.1) is 11.6 Å². The SMILES string of the molecule is COc1c(C)ccc(C=O)c1Br. The van der Waals surface area contributed by atoms with Gasteiger partial charge in [-0.25, -0.2) is 0 Å². The zero-order valence-corrected chi connectivity index (χ0v) is 8.51. The molecular formula is C9H9BrO2. The van der Waals surface area contributed by atoms with Gasteiger partial charge in [0.15, 0.2) is 6.29 Å². The molecule has 0 radical (unpaired) electrons. The maximum Gasteiger partial charge on any atom is 0.151 e. The van der Waals surface area contributed by atoms with Crippen molar-refractivity contribution in [2.75, 3.05) is 7.11 Å². The third kappa shape index (κ3) is 1.50. The second kappa shape index (κ2) is 3.72. The van der Waals surface area contributed by atoms with E-state index < -0.39 is 0 Å². The van der Waals surface area contributed by atoms with Crippen LogP contribution in [0.3, 0.4) is 0 Å². The molecule has 0 spiro atoms. The van der Waals surface area contributed by atoms with Gasteiger partial charge in [0.1, 0.15) is 5.75 Å². The van der Waals surface area contributed by atoms with Crippen molar-refractivity contribution in [1.82, 2.24) is 0 Å². The summed E-state index contributed by atoms with van der Waals surface area (Å²) in [6.07, 6.45) is 0.798. The summed E-state index contributed by atoms with van der Waals surface area (Å²) in [5.41, 5.74) is 1.62. The Morgan fingerprint density at radius 1 is 1.50 bits per heavy atom. The fraction of sp³-hybridized carbons (Fsp3) is 0.222. The lowest BCUT2D eigenvalue weighted by atomic mass is 10.1. The number of benzene rings is 1. The third-order valence-electron chi connectivity index (χ3n) is 1.65. The fourth-order valence-corrected chi connectivity index (χ4v) is 1.71. The van der Waals surface area contributed by atoms with Crippen LogP contribution in [0.1, 0.15) is 15.9 Å². The second-order valence-electron chi connectivity index (χ2n) is 2.44. The van der Waals surface area contributed by atoms with Gasteiger partial charge in [-0.1, -0.05) is 12.1 Å². The zero-order chi connectivity index (χ0) is 9.14. The summed E-state index contributed by atoms with van der Waals surface area (Å²) in [6.45, 7) is 1.93. The molecule has 64 valence electrons. The molecule has 12 heavy (non-hydrogen) atoms. The van der Waals surface area contributed by atoms with Gasteiger partial charge in [0, 0.05) is 5.56 Å². The molecule has 0 N–H and O–H groups in total. The van der Waals surface area contributed by atoms with Crippen LogP contribution in [0.5, 0.6) is 5.75 Å². The number of aryl methyl sites for hydroxylation is 1. The van der Waals surface area contributed by atoms with E-state index in [4.69, 9.17) is 4.74 Å². The molecule has 3 heteroatoms. The van der Waals surface area contributed by atoms with Gasteiger partial charge in [-0.3, -0.25) is 4.79 Å². The molecule has 0 saturated heterocycles. The van der Waals surface area contributed by atoms with Crippen molar-refractivity contribution in [3.8, 4) is 5.75 Å². The minimum atomic E-state index is 0.609. The first-order valence-corrected chi connectivity index (χ1v) is 4.28. The Morgan fingerprint density at radius 2 is 2.17 bits per heavy atom. The Kier molecular flexibility index (Phi) is 2.87. The van der Waals surface area contributed by atoms with Crippen LogP contribution in [0.15, 0.2) is 16.6 Å². The highest BCUT2D eigenvalue weighted by Crippen LogP contribution is 2.30. The van der Waals surface area contributed by atoms with Crippen molar-refractivity contribution in [2.45, 2.75) is 6.92 Å². The van der Waals surface area contributed by atoms with E-state index >= 15 is 0 Å². The molecule has 0 atom stereocenters. The third-order valence-corrected chi connectivity index (χ3v) is 2.47. The minimum Gasteiger partial charge on any atom is -0.495 e. The summed E-state index contributed by atoms with van der Waals surface area (Å²) in [5.74, 6) is 0.722. The molecule has 0 unspecified atom stereocenters. The van der Waals surface area contributed by atoms with Crippen molar-refractivity contribution in [3.63, 3.8) is 0 Å². The highest BCUT2D eigenvalue weighted by molar-refractivity contribution is 9.10. The van der Waals surface area contributed by atoms with E-state index in [-0.39, 0.29) is 0 Å². The first-order chi connectivity index (χ1) is 5.70. The number of carbonyl (C=O) groups is 1. The number of hydrogen-bond donors (Lipinski definition) is 0. The monoisotopic (exact) mass is 228 g/mol. The first-order valence-electron chi connectivity index (χ1n) is 3.49. The van der Waals surface area contributed by atoms with Crippen molar-refractivity contribution in [3.05, 3.63) is 27.7 Å². The molecular weight excluding hydrogens is 220 g/mol. The molecule has 0 aliphatic rings. The Morgan fingerprint density at radius 3 is 2.67 bits per heavy atom. The number of carbonyl (C=O) groups excluding carboxylic acids is 1. The Bertz CT molecular complexity index is 308. The Balaban J connectivity index is 3.33. The van der Waals surface area contributed by atoms with E-state index in [1.165, 1.54) is 0 Å². The van der Waals surface area contributed by atoms with Gasteiger partial charge >= 0.3 is 0 Å². The number of rotatable bonds is 2. The smallest absolute Gasteiger partial charge is 0.151 e. The lowest BCUT2D eigenvalue weighted by Gasteiger charge is -2.07. The van der Waals surface area contributed by atoms with Crippen LogP contribution in [-0.2, 0) is 0 Å². The standard InChI is InChI=1S/C9H9BrO2/c1-6-3-4-7(5-11)8(10)9(6)12-2/h3-5H,1-2H3. The average molecular weight is 229 g/mol. The van der Waals surface area contributed by atoms with Crippen molar-refractivity contribution < 1.29 is 9.53 Å². The molecule has 1 aromatic carbocycles. The number of halogens is 1. The predicted octanol–water partition coefficient (Wildman–Crippen LogP) is 2.58. The molecule has 0 bridgehead atoms. The van der Waals surface area contributed by atoms with Gasteiger partial charge in [-0.2, -0.15) is 0 Å². The summed E-state index contributed by atoms with van der Waals surface area (Å²) in [7, 11) is 1.58. The topological polar surface area (TPSA) is 26.3 Å². The lowest BCUT2D eigenvalue weighted by Crippen LogP contribution is -1.92. The number of hydrogen-bond acceptors (Lipinski definition) is 2. The van der Waals surface area contributed by atoms with Crippen LogP contribution >= 0.6 is 15.9 Å². The summed E-state index contributed by atoms with van der Waals surface area (Å²) in [4.78, 5) is 10.5. The van der Waals surface area contributed by atoms with Crippen LogP contribution in [0, 0.1) is 6.92 Å². The molecule has 1 rings (SSSR count). The van der Waals surface area contributed by atoms with Gasteiger partial charge in [-0.05, 0) is 28.4 Å². The Hall–Kier alpha value is -0.830. The second-order valence-corrected chi connectivity index (χ2v) is 3.23. The van der Waals surface area contributed by atoms with Crippen LogP contribution in [-0.4, -0.2) is 13.4 Å². The molecule has 0 fully saturated rings. The normalized spacial score (nSPS) is 9.58. The van der Waals surface area contributed by atoms with Crippen LogP contribution < -0.4 is 4.74 Å². The maximum absolute atomic E-state index is 10.5. The predicted molar refractivity (Wildman–Crippen MR) is 50.8 cm³/mol. The van der Waals surface area contributed by atoms with Crippen molar-refractivity contribution >= 4 is 22.2 Å². The van der Waals surface area contributed by atoms with E-state index in [0.717, 1.165) is 22.1 Å². The van der Waals surface area contributed by atoms with Gasteiger partial charge < -0.3 is 4.74 Å². The molecule has 1 aromatic rings. The number of aldehydes is 1. The summed E-state index contributed by atoms with van der Waals surface area (Å²) in [5, 5.41) is 0. The maximum atomic E-state index is 10.5. The molecule has 0 amide bonds. The largest absolute Gasteiger partial charge is 0.495 e. The zero-order valence-electron chi connectivity index (χ0n) is 6.93.